The van der Waals surface area contributed by atoms with Gasteiger partial charge in [0, 0.05) is 35.3 Å². The summed E-state index contributed by atoms with van der Waals surface area (Å²) in [6, 6.07) is 6.50. The number of benzene rings is 1. The Morgan fingerprint density at radius 2 is 2.33 bits per heavy atom. The maximum atomic E-state index is 12.0. The lowest BCUT2D eigenvalue weighted by Gasteiger charge is -2.30. The first-order valence-corrected chi connectivity index (χ1v) is 7.59. The number of rotatable bonds is 3. The minimum absolute atomic E-state index is 0.0759. The van der Waals surface area contributed by atoms with Crippen LogP contribution in [0.2, 0.25) is 0 Å². The van der Waals surface area contributed by atoms with Gasteiger partial charge in [0.1, 0.15) is 0 Å². The third-order valence-corrected chi connectivity index (χ3v) is 4.52. The summed E-state index contributed by atoms with van der Waals surface area (Å²) in [6.45, 7) is 4.24. The number of nitrogens with zero attached hydrogens (tertiary/aromatic N) is 1. The van der Waals surface area contributed by atoms with Gasteiger partial charge in [0.15, 0.2) is 0 Å². The van der Waals surface area contributed by atoms with Crippen LogP contribution in [-0.2, 0) is 0 Å². The van der Waals surface area contributed by atoms with Crippen molar-refractivity contribution in [3.05, 3.63) is 23.8 Å². The van der Waals surface area contributed by atoms with Gasteiger partial charge in [-0.05, 0) is 38.0 Å². The number of carbonyl (C=O) groups is 1. The summed E-state index contributed by atoms with van der Waals surface area (Å²) in [5.74, 6) is 1.21. The van der Waals surface area contributed by atoms with Gasteiger partial charge >= 0.3 is 0 Å². The highest BCUT2D eigenvalue weighted by atomic mass is 32.2. The molecule has 3 rings (SSSR count). The second-order valence-electron chi connectivity index (χ2n) is 4.86. The van der Waals surface area contributed by atoms with E-state index < -0.39 is 0 Å². The van der Waals surface area contributed by atoms with E-state index in [1.807, 2.05) is 23.9 Å². The molecule has 1 aromatic carbocycles. The SMILES string of the molecule is CCN1CCSc2ccc(C(=O)NC3CC3)cc21. The normalized spacial score (nSPS) is 18.4. The first kappa shape index (κ1) is 11.9. The number of thioether (sulfide) groups is 1. The molecule has 96 valence electrons. The molecule has 0 spiro atoms. The molecular weight excluding hydrogens is 244 g/mol. The highest BCUT2D eigenvalue weighted by Gasteiger charge is 2.24. The molecule has 1 heterocycles. The summed E-state index contributed by atoms with van der Waals surface area (Å²) in [5, 5.41) is 3.05. The minimum atomic E-state index is 0.0759. The van der Waals surface area contributed by atoms with Crippen molar-refractivity contribution in [3.8, 4) is 0 Å². The summed E-state index contributed by atoms with van der Waals surface area (Å²) in [4.78, 5) is 15.7. The molecule has 1 aliphatic heterocycles. The Bertz CT molecular complexity index is 471. The van der Waals surface area contributed by atoms with Gasteiger partial charge in [-0.2, -0.15) is 0 Å². The van der Waals surface area contributed by atoms with E-state index in [2.05, 4.69) is 23.2 Å². The fraction of sp³-hybridized carbons (Fsp3) is 0.500. The molecule has 1 aliphatic carbocycles. The van der Waals surface area contributed by atoms with Crippen LogP contribution in [0.3, 0.4) is 0 Å². The van der Waals surface area contributed by atoms with Crippen LogP contribution in [0, 0.1) is 0 Å². The second-order valence-corrected chi connectivity index (χ2v) is 6.00. The molecular formula is C14H18N2OS. The number of anilines is 1. The molecule has 1 fully saturated rings. The second kappa shape index (κ2) is 4.84. The van der Waals surface area contributed by atoms with Crippen molar-refractivity contribution in [1.29, 1.82) is 0 Å². The molecule has 0 aromatic heterocycles. The van der Waals surface area contributed by atoms with E-state index >= 15 is 0 Å². The highest BCUT2D eigenvalue weighted by molar-refractivity contribution is 7.99. The Morgan fingerprint density at radius 3 is 3.06 bits per heavy atom. The molecule has 0 radical (unpaired) electrons. The van der Waals surface area contributed by atoms with Gasteiger partial charge in [-0.15, -0.1) is 11.8 Å². The lowest BCUT2D eigenvalue weighted by Crippen LogP contribution is -2.30. The lowest BCUT2D eigenvalue weighted by atomic mass is 10.1. The zero-order valence-electron chi connectivity index (χ0n) is 10.6. The van der Waals surface area contributed by atoms with Gasteiger partial charge in [-0.3, -0.25) is 4.79 Å². The number of nitrogens with one attached hydrogen (secondary N) is 1. The van der Waals surface area contributed by atoms with Crippen LogP contribution in [0.25, 0.3) is 0 Å². The number of hydrogen-bond donors (Lipinski definition) is 1. The van der Waals surface area contributed by atoms with Crippen LogP contribution < -0.4 is 10.2 Å². The zero-order valence-corrected chi connectivity index (χ0v) is 11.4. The molecule has 1 aromatic rings. The zero-order chi connectivity index (χ0) is 12.5. The number of carbonyl (C=O) groups excluding carboxylic acids is 1. The molecule has 1 amide bonds. The first-order chi connectivity index (χ1) is 8.78. The van der Waals surface area contributed by atoms with Crippen LogP contribution in [-0.4, -0.2) is 30.8 Å². The number of hydrogen-bond acceptors (Lipinski definition) is 3. The van der Waals surface area contributed by atoms with E-state index in [0.717, 1.165) is 37.2 Å². The van der Waals surface area contributed by atoms with Crippen molar-refractivity contribution < 1.29 is 4.79 Å². The van der Waals surface area contributed by atoms with E-state index in [1.54, 1.807) is 0 Å². The molecule has 1 N–H and O–H groups in total. The van der Waals surface area contributed by atoms with Gasteiger partial charge in [0.2, 0.25) is 0 Å². The van der Waals surface area contributed by atoms with Crippen molar-refractivity contribution >= 4 is 23.4 Å². The standard InChI is InChI=1S/C14H18N2OS/c1-2-16-7-8-18-13-6-3-10(9-12(13)16)14(17)15-11-4-5-11/h3,6,9,11H,2,4-5,7-8H2,1H3,(H,15,17). The monoisotopic (exact) mass is 262 g/mol. The van der Waals surface area contributed by atoms with Crippen molar-refractivity contribution in [2.75, 3.05) is 23.7 Å². The van der Waals surface area contributed by atoms with E-state index in [0.29, 0.717) is 6.04 Å². The molecule has 2 aliphatic rings. The molecule has 0 unspecified atom stereocenters. The van der Waals surface area contributed by atoms with Crippen molar-refractivity contribution in [2.24, 2.45) is 0 Å². The Morgan fingerprint density at radius 1 is 1.50 bits per heavy atom. The third kappa shape index (κ3) is 2.34. The van der Waals surface area contributed by atoms with Crippen LogP contribution in [0.4, 0.5) is 5.69 Å². The van der Waals surface area contributed by atoms with Crippen LogP contribution in [0.15, 0.2) is 23.1 Å². The summed E-state index contributed by atoms with van der Waals surface area (Å²) in [7, 11) is 0. The highest BCUT2D eigenvalue weighted by Crippen LogP contribution is 2.35. The molecule has 4 heteroatoms. The Hall–Kier alpha value is -1.16. The van der Waals surface area contributed by atoms with Gasteiger partial charge < -0.3 is 10.2 Å². The minimum Gasteiger partial charge on any atom is -0.370 e. The Balaban J connectivity index is 1.85. The number of fused-ring (bicyclic) bond motifs is 1. The number of amides is 1. The lowest BCUT2D eigenvalue weighted by molar-refractivity contribution is 0.0951. The summed E-state index contributed by atoms with van der Waals surface area (Å²) < 4.78 is 0. The van der Waals surface area contributed by atoms with Gasteiger partial charge in [-0.25, -0.2) is 0 Å². The molecule has 0 bridgehead atoms. The molecule has 0 atom stereocenters. The quantitative estimate of drug-likeness (QED) is 0.908. The summed E-state index contributed by atoms with van der Waals surface area (Å²) in [6.07, 6.45) is 2.27. The van der Waals surface area contributed by atoms with Crippen LogP contribution >= 0.6 is 11.8 Å². The van der Waals surface area contributed by atoms with Crippen LogP contribution in [0.5, 0.6) is 0 Å². The first-order valence-electron chi connectivity index (χ1n) is 6.60. The topological polar surface area (TPSA) is 32.3 Å². The predicted octanol–water partition coefficient (Wildman–Crippen LogP) is 2.51. The average Bonchev–Trinajstić information content (AvgIpc) is 3.21. The third-order valence-electron chi connectivity index (χ3n) is 3.47. The van der Waals surface area contributed by atoms with E-state index in [9.17, 15) is 4.79 Å². The van der Waals surface area contributed by atoms with Crippen LogP contribution in [0.1, 0.15) is 30.1 Å². The predicted molar refractivity (Wildman–Crippen MR) is 75.5 cm³/mol. The smallest absolute Gasteiger partial charge is 0.251 e. The summed E-state index contributed by atoms with van der Waals surface area (Å²) in [5.41, 5.74) is 2.01. The van der Waals surface area contributed by atoms with Crippen molar-refractivity contribution in [3.63, 3.8) is 0 Å². The molecule has 1 saturated carbocycles. The Kier molecular flexibility index (Phi) is 3.20. The Labute approximate surface area is 112 Å². The van der Waals surface area contributed by atoms with Crippen molar-refractivity contribution in [1.82, 2.24) is 5.32 Å². The van der Waals surface area contributed by atoms with E-state index in [-0.39, 0.29) is 5.91 Å². The van der Waals surface area contributed by atoms with Gasteiger partial charge in [-0.1, -0.05) is 0 Å². The molecule has 18 heavy (non-hydrogen) atoms. The van der Waals surface area contributed by atoms with Gasteiger partial charge in [0.05, 0.1) is 5.69 Å². The fourth-order valence-corrected chi connectivity index (χ4v) is 3.27. The maximum Gasteiger partial charge on any atom is 0.251 e. The van der Waals surface area contributed by atoms with Gasteiger partial charge in [0.25, 0.3) is 5.91 Å². The largest absolute Gasteiger partial charge is 0.370 e. The van der Waals surface area contributed by atoms with E-state index in [1.165, 1.54) is 10.6 Å². The van der Waals surface area contributed by atoms with E-state index in [4.69, 9.17) is 0 Å². The summed E-state index contributed by atoms with van der Waals surface area (Å²) >= 11 is 1.88. The maximum absolute atomic E-state index is 12.0. The molecule has 3 nitrogen and oxygen atoms in total. The molecule has 0 saturated heterocycles. The average molecular weight is 262 g/mol. The fourth-order valence-electron chi connectivity index (χ4n) is 2.24. The van der Waals surface area contributed by atoms with Crippen molar-refractivity contribution in [2.45, 2.75) is 30.7 Å².